The van der Waals surface area contributed by atoms with Gasteiger partial charge in [0.1, 0.15) is 0 Å². The minimum Gasteiger partial charge on any atom is -0.370 e. The number of guanidine groups is 1. The minimum atomic E-state index is 0. The van der Waals surface area contributed by atoms with Crippen molar-refractivity contribution in [3.8, 4) is 0 Å². The van der Waals surface area contributed by atoms with Crippen molar-refractivity contribution < 1.29 is 0 Å². The van der Waals surface area contributed by atoms with E-state index in [4.69, 9.17) is 5.73 Å². The van der Waals surface area contributed by atoms with E-state index in [1.54, 1.807) is 0 Å². The Labute approximate surface area is 134 Å². The second-order valence-electron chi connectivity index (χ2n) is 5.02. The first-order chi connectivity index (χ1) is 8.63. The highest BCUT2D eigenvalue weighted by atomic mass is 127. The smallest absolute Gasteiger partial charge is 0.188 e. The summed E-state index contributed by atoms with van der Waals surface area (Å²) in [6.45, 7) is 8.08. The van der Waals surface area contributed by atoms with Gasteiger partial charge in [-0.15, -0.1) is 24.0 Å². The molecule has 1 atom stereocenters. The molecule has 0 amide bonds. The van der Waals surface area contributed by atoms with E-state index in [0.717, 1.165) is 19.5 Å². The molecule has 4 heteroatoms. The van der Waals surface area contributed by atoms with Crippen LogP contribution >= 0.6 is 24.0 Å². The Kier molecular flexibility index (Phi) is 9.65. The Balaban J connectivity index is 0.00000324. The number of halogens is 1. The van der Waals surface area contributed by atoms with Crippen LogP contribution in [0.5, 0.6) is 0 Å². The molecule has 0 aliphatic heterocycles. The van der Waals surface area contributed by atoms with E-state index in [2.05, 4.69) is 55.3 Å². The average molecular weight is 375 g/mol. The quantitative estimate of drug-likeness (QED) is 0.455. The van der Waals surface area contributed by atoms with Crippen LogP contribution in [0.1, 0.15) is 38.7 Å². The number of nitrogens with one attached hydrogen (secondary N) is 1. The van der Waals surface area contributed by atoms with Crippen molar-refractivity contribution in [3.63, 3.8) is 0 Å². The van der Waals surface area contributed by atoms with Crippen LogP contribution in [0.15, 0.2) is 35.3 Å². The topological polar surface area (TPSA) is 50.4 Å². The van der Waals surface area contributed by atoms with Gasteiger partial charge in [-0.2, -0.15) is 0 Å². The number of aliphatic imine (C=N–C) groups is 1. The summed E-state index contributed by atoms with van der Waals surface area (Å²) in [5.74, 6) is 1.58. The molecule has 0 saturated carbocycles. The zero-order chi connectivity index (χ0) is 13.4. The molecule has 1 rings (SSSR count). The molecule has 0 radical (unpaired) electrons. The first kappa shape index (κ1) is 18.2. The number of hydrogen-bond acceptors (Lipinski definition) is 1. The third-order valence-corrected chi connectivity index (χ3v) is 2.92. The van der Waals surface area contributed by atoms with Crippen LogP contribution in [-0.2, 0) is 0 Å². The fraction of sp³-hybridized carbons (Fsp3) is 0.533. The lowest BCUT2D eigenvalue weighted by molar-refractivity contribution is 0.629. The van der Waals surface area contributed by atoms with E-state index in [0.29, 0.717) is 17.8 Å². The normalized spacial score (nSPS) is 12.9. The largest absolute Gasteiger partial charge is 0.370 e. The van der Waals surface area contributed by atoms with Crippen molar-refractivity contribution in [2.24, 2.45) is 16.6 Å². The van der Waals surface area contributed by atoms with Crippen LogP contribution in [-0.4, -0.2) is 19.0 Å². The van der Waals surface area contributed by atoms with Gasteiger partial charge in [-0.05, 0) is 17.9 Å². The molecule has 0 aromatic heterocycles. The molecule has 1 aromatic rings. The fourth-order valence-electron chi connectivity index (χ4n) is 1.79. The summed E-state index contributed by atoms with van der Waals surface area (Å²) in [6, 6.07) is 10.5. The molecular formula is C15H26IN3. The lowest BCUT2D eigenvalue weighted by Gasteiger charge is -2.16. The van der Waals surface area contributed by atoms with Crippen molar-refractivity contribution in [3.05, 3.63) is 35.9 Å². The van der Waals surface area contributed by atoms with Gasteiger partial charge in [0.2, 0.25) is 0 Å². The van der Waals surface area contributed by atoms with Gasteiger partial charge >= 0.3 is 0 Å². The molecule has 0 aliphatic rings. The third kappa shape index (κ3) is 7.40. The molecule has 1 aromatic carbocycles. The summed E-state index contributed by atoms with van der Waals surface area (Å²) in [5, 5.41) is 3.22. The summed E-state index contributed by atoms with van der Waals surface area (Å²) in [7, 11) is 0. The van der Waals surface area contributed by atoms with E-state index in [9.17, 15) is 0 Å². The minimum absolute atomic E-state index is 0. The van der Waals surface area contributed by atoms with Crippen LogP contribution in [0.2, 0.25) is 0 Å². The summed E-state index contributed by atoms with van der Waals surface area (Å²) in [4.78, 5) is 4.31. The molecule has 3 N–H and O–H groups in total. The van der Waals surface area contributed by atoms with Gasteiger partial charge in [-0.25, -0.2) is 0 Å². The van der Waals surface area contributed by atoms with Gasteiger partial charge in [-0.3, -0.25) is 4.99 Å². The molecule has 0 aliphatic carbocycles. The van der Waals surface area contributed by atoms with Gasteiger partial charge < -0.3 is 11.1 Å². The van der Waals surface area contributed by atoms with Crippen molar-refractivity contribution >= 4 is 29.9 Å². The molecule has 0 heterocycles. The van der Waals surface area contributed by atoms with Crippen molar-refractivity contribution in [1.82, 2.24) is 5.32 Å². The first-order valence-electron chi connectivity index (χ1n) is 6.72. The number of nitrogens with zero attached hydrogens (tertiary/aromatic N) is 1. The Morgan fingerprint density at radius 1 is 1.26 bits per heavy atom. The lowest BCUT2D eigenvalue weighted by Crippen LogP contribution is -2.35. The summed E-state index contributed by atoms with van der Waals surface area (Å²) in [6.07, 6.45) is 1.09. The number of nitrogens with two attached hydrogens (primary N) is 1. The highest BCUT2D eigenvalue weighted by Gasteiger charge is 2.08. The molecule has 1 unspecified atom stereocenters. The third-order valence-electron chi connectivity index (χ3n) is 2.92. The van der Waals surface area contributed by atoms with Crippen LogP contribution < -0.4 is 11.1 Å². The lowest BCUT2D eigenvalue weighted by atomic mass is 9.97. The fourth-order valence-corrected chi connectivity index (χ4v) is 1.79. The number of hydrogen-bond donors (Lipinski definition) is 2. The molecule has 0 spiro atoms. The highest BCUT2D eigenvalue weighted by Crippen LogP contribution is 2.17. The summed E-state index contributed by atoms with van der Waals surface area (Å²) >= 11 is 0. The maximum absolute atomic E-state index is 5.84. The Morgan fingerprint density at radius 3 is 2.42 bits per heavy atom. The summed E-state index contributed by atoms with van der Waals surface area (Å²) in [5.41, 5.74) is 7.19. The highest BCUT2D eigenvalue weighted by molar-refractivity contribution is 14.0. The zero-order valence-electron chi connectivity index (χ0n) is 12.1. The summed E-state index contributed by atoms with van der Waals surface area (Å²) < 4.78 is 0. The van der Waals surface area contributed by atoms with Crippen molar-refractivity contribution in [1.29, 1.82) is 0 Å². The van der Waals surface area contributed by atoms with E-state index in [1.807, 2.05) is 6.07 Å². The molecule has 3 nitrogen and oxygen atoms in total. The van der Waals surface area contributed by atoms with Crippen molar-refractivity contribution in [2.75, 3.05) is 13.1 Å². The maximum atomic E-state index is 5.84. The van der Waals surface area contributed by atoms with Gasteiger partial charge in [-0.1, -0.05) is 51.1 Å². The van der Waals surface area contributed by atoms with Crippen LogP contribution in [0, 0.1) is 5.92 Å². The van der Waals surface area contributed by atoms with E-state index >= 15 is 0 Å². The SMILES string of the molecule is CCC(CNC(N)=NCC(C)C)c1ccccc1.I. The number of benzene rings is 1. The number of rotatable bonds is 6. The van der Waals surface area contributed by atoms with Crippen molar-refractivity contribution in [2.45, 2.75) is 33.1 Å². The monoisotopic (exact) mass is 375 g/mol. The van der Waals surface area contributed by atoms with Crippen LogP contribution in [0.25, 0.3) is 0 Å². The molecule has 0 saturated heterocycles. The molecular weight excluding hydrogens is 349 g/mol. The van der Waals surface area contributed by atoms with Crippen LogP contribution in [0.3, 0.4) is 0 Å². The maximum Gasteiger partial charge on any atom is 0.188 e. The van der Waals surface area contributed by atoms with Crippen LogP contribution in [0.4, 0.5) is 0 Å². The molecule has 0 fully saturated rings. The first-order valence-corrected chi connectivity index (χ1v) is 6.72. The molecule has 19 heavy (non-hydrogen) atoms. The van der Waals surface area contributed by atoms with Gasteiger partial charge in [0.05, 0.1) is 0 Å². The van der Waals surface area contributed by atoms with E-state index in [1.165, 1.54) is 5.56 Å². The van der Waals surface area contributed by atoms with E-state index < -0.39 is 0 Å². The van der Waals surface area contributed by atoms with E-state index in [-0.39, 0.29) is 24.0 Å². The van der Waals surface area contributed by atoms with Gasteiger partial charge in [0, 0.05) is 19.0 Å². The molecule has 0 bridgehead atoms. The Hall–Kier alpha value is -0.780. The Morgan fingerprint density at radius 2 is 1.89 bits per heavy atom. The average Bonchev–Trinajstić information content (AvgIpc) is 2.38. The zero-order valence-corrected chi connectivity index (χ0v) is 14.4. The molecule has 108 valence electrons. The Bertz CT molecular complexity index is 363. The van der Waals surface area contributed by atoms with Gasteiger partial charge in [0.25, 0.3) is 0 Å². The predicted molar refractivity (Wildman–Crippen MR) is 94.2 cm³/mol. The second kappa shape index (κ2) is 10.1. The standard InChI is InChI=1S/C15H25N3.HI/c1-4-13(14-8-6-5-7-9-14)11-18-15(16)17-10-12(2)3;/h5-9,12-13H,4,10-11H2,1-3H3,(H3,16,17,18);1H. The predicted octanol–water partition coefficient (Wildman–Crippen LogP) is 3.36. The second-order valence-corrected chi connectivity index (χ2v) is 5.02. The van der Waals surface area contributed by atoms with Gasteiger partial charge in [0.15, 0.2) is 5.96 Å².